The van der Waals surface area contributed by atoms with Gasteiger partial charge in [0.2, 0.25) is 0 Å². The van der Waals surface area contributed by atoms with E-state index in [1.54, 1.807) is 6.07 Å². The Morgan fingerprint density at radius 3 is 2.69 bits per heavy atom. The van der Waals surface area contributed by atoms with Crippen LogP contribution in [0.25, 0.3) is 39.3 Å². The summed E-state index contributed by atoms with van der Waals surface area (Å²) in [6.45, 7) is 0. The fraction of sp³-hybridized carbons (Fsp3) is 0. The van der Waals surface area contributed by atoms with Crippen LogP contribution in [0.3, 0.4) is 0 Å². The fourth-order valence-electron chi connectivity index (χ4n) is 2.93. The van der Waals surface area contributed by atoms with E-state index in [4.69, 9.17) is 5.73 Å². The zero-order chi connectivity index (χ0) is 17.7. The summed E-state index contributed by atoms with van der Waals surface area (Å²) in [6, 6.07) is 17.5. The van der Waals surface area contributed by atoms with Crippen molar-refractivity contribution in [1.82, 2.24) is 29.9 Å². The largest absolute Gasteiger partial charge is 0.383 e. The van der Waals surface area contributed by atoms with Gasteiger partial charge in [-0.3, -0.25) is 0 Å². The van der Waals surface area contributed by atoms with Crippen LogP contribution in [0, 0.1) is 0 Å². The molecule has 0 radical (unpaired) electrons. The maximum atomic E-state index is 6.13. The van der Waals surface area contributed by atoms with Crippen LogP contribution in [0.15, 0.2) is 59.1 Å². The number of nitrogen functional groups attached to an aromatic ring is 1. The van der Waals surface area contributed by atoms with Gasteiger partial charge in [0.05, 0.1) is 5.69 Å². The molecule has 0 aliphatic rings. The van der Waals surface area contributed by atoms with E-state index in [1.807, 2.05) is 48.5 Å². The van der Waals surface area contributed by atoms with Crippen molar-refractivity contribution < 1.29 is 0 Å². The van der Waals surface area contributed by atoms with Crippen LogP contribution in [0.2, 0.25) is 0 Å². The van der Waals surface area contributed by atoms with Gasteiger partial charge in [-0.2, -0.15) is 14.8 Å². The number of rotatable bonds is 2. The zero-order valence-corrected chi connectivity index (χ0v) is 15.0. The number of anilines is 1. The number of nitrogens with zero attached hydrogens (tertiary/aromatic N) is 5. The summed E-state index contributed by atoms with van der Waals surface area (Å²) < 4.78 is 2.47. The van der Waals surface area contributed by atoms with Gasteiger partial charge in [-0.25, -0.2) is 0 Å². The van der Waals surface area contributed by atoms with E-state index in [0.29, 0.717) is 22.9 Å². The molecule has 5 aromatic rings. The molecule has 0 atom stereocenters. The van der Waals surface area contributed by atoms with Crippen LogP contribution >= 0.6 is 15.9 Å². The minimum atomic E-state index is 0.322. The number of hydrogen-bond donors (Lipinski definition) is 2. The number of nitrogens with one attached hydrogen (secondary N) is 1. The second kappa shape index (κ2) is 5.63. The topological polar surface area (TPSA) is 98.3 Å². The molecular formula is C18H12BrN7. The fourth-order valence-corrected chi connectivity index (χ4v) is 3.29. The number of aromatic nitrogens is 6. The van der Waals surface area contributed by atoms with Crippen molar-refractivity contribution in [3.63, 3.8) is 0 Å². The summed E-state index contributed by atoms with van der Waals surface area (Å²) in [4.78, 5) is 7.81. The minimum absolute atomic E-state index is 0.322. The highest BCUT2D eigenvalue weighted by Gasteiger charge is 2.14. The maximum absolute atomic E-state index is 6.13. The van der Waals surface area contributed by atoms with E-state index in [2.05, 4.69) is 41.2 Å². The van der Waals surface area contributed by atoms with Crippen molar-refractivity contribution in [2.75, 3.05) is 5.73 Å². The molecule has 26 heavy (non-hydrogen) atoms. The molecule has 0 spiro atoms. The second-order valence-corrected chi connectivity index (χ2v) is 6.77. The normalized spacial score (nSPS) is 11.4. The van der Waals surface area contributed by atoms with Gasteiger partial charge in [-0.15, -0.1) is 10.2 Å². The lowest BCUT2D eigenvalue weighted by Crippen LogP contribution is -2.07. The van der Waals surface area contributed by atoms with Crippen LogP contribution in [0.4, 0.5) is 5.82 Å². The molecule has 7 nitrogen and oxygen atoms in total. The average molecular weight is 406 g/mol. The van der Waals surface area contributed by atoms with Crippen molar-refractivity contribution in [3.05, 3.63) is 59.1 Å². The number of fused-ring (bicyclic) bond motifs is 3. The zero-order valence-electron chi connectivity index (χ0n) is 13.4. The van der Waals surface area contributed by atoms with Crippen molar-refractivity contribution in [3.8, 4) is 17.2 Å². The number of hydrogen-bond acceptors (Lipinski definition) is 5. The van der Waals surface area contributed by atoms with Gasteiger partial charge < -0.3 is 10.7 Å². The molecule has 0 aliphatic heterocycles. The van der Waals surface area contributed by atoms with Gasteiger partial charge in [0.25, 0.3) is 5.95 Å². The molecule has 0 amide bonds. The first kappa shape index (κ1) is 15.0. The summed E-state index contributed by atoms with van der Waals surface area (Å²) in [5, 5.41) is 14.0. The molecule has 3 N–H and O–H groups in total. The first-order valence-electron chi connectivity index (χ1n) is 7.92. The van der Waals surface area contributed by atoms with Crippen molar-refractivity contribution in [2.45, 2.75) is 0 Å². The molecular weight excluding hydrogens is 394 g/mol. The van der Waals surface area contributed by atoms with Gasteiger partial charge in [0.15, 0.2) is 5.65 Å². The number of H-pyrrole nitrogens is 1. The molecule has 0 saturated heterocycles. The summed E-state index contributed by atoms with van der Waals surface area (Å²) in [6.07, 6.45) is 0. The molecule has 3 heterocycles. The van der Waals surface area contributed by atoms with Crippen molar-refractivity contribution >= 4 is 43.8 Å². The van der Waals surface area contributed by atoms with Crippen LogP contribution in [-0.4, -0.2) is 29.9 Å². The van der Waals surface area contributed by atoms with E-state index in [0.717, 1.165) is 26.6 Å². The highest BCUT2D eigenvalue weighted by Crippen LogP contribution is 2.26. The molecule has 0 saturated carbocycles. The van der Waals surface area contributed by atoms with E-state index < -0.39 is 0 Å². The lowest BCUT2D eigenvalue weighted by Gasteiger charge is -2.00. The first-order chi connectivity index (χ1) is 12.7. The van der Waals surface area contributed by atoms with Crippen LogP contribution in [-0.2, 0) is 0 Å². The number of halogens is 1. The average Bonchev–Trinajstić information content (AvgIpc) is 3.22. The van der Waals surface area contributed by atoms with Gasteiger partial charge in [0.1, 0.15) is 11.3 Å². The summed E-state index contributed by atoms with van der Waals surface area (Å²) in [5.41, 5.74) is 10.1. The van der Waals surface area contributed by atoms with Crippen LogP contribution in [0.5, 0.6) is 0 Å². The highest BCUT2D eigenvalue weighted by atomic mass is 79.9. The SMILES string of the molecule is Nc1cc(-c2ccccc2)nn1-c1nnc2c(n1)[nH]c1ccc(Br)cc12. The maximum Gasteiger partial charge on any atom is 0.274 e. The Labute approximate surface area is 156 Å². The van der Waals surface area contributed by atoms with E-state index in [9.17, 15) is 0 Å². The first-order valence-corrected chi connectivity index (χ1v) is 8.71. The molecule has 5 rings (SSSR count). The van der Waals surface area contributed by atoms with E-state index >= 15 is 0 Å². The third kappa shape index (κ3) is 2.34. The third-order valence-corrected chi connectivity index (χ3v) is 4.65. The smallest absolute Gasteiger partial charge is 0.274 e. The lowest BCUT2D eigenvalue weighted by atomic mass is 10.2. The Morgan fingerprint density at radius 1 is 1.00 bits per heavy atom. The minimum Gasteiger partial charge on any atom is -0.383 e. The van der Waals surface area contributed by atoms with Gasteiger partial charge in [-0.1, -0.05) is 46.3 Å². The molecule has 0 unspecified atom stereocenters. The van der Waals surface area contributed by atoms with Crippen LogP contribution in [0.1, 0.15) is 0 Å². The number of nitrogens with two attached hydrogens (primary N) is 1. The second-order valence-electron chi connectivity index (χ2n) is 5.86. The molecule has 2 aromatic carbocycles. The Balaban J connectivity index is 1.65. The molecule has 8 heteroatoms. The highest BCUT2D eigenvalue weighted by molar-refractivity contribution is 9.10. The summed E-state index contributed by atoms with van der Waals surface area (Å²) >= 11 is 3.48. The van der Waals surface area contributed by atoms with E-state index in [-0.39, 0.29) is 0 Å². The van der Waals surface area contributed by atoms with Crippen molar-refractivity contribution in [1.29, 1.82) is 0 Å². The Bertz CT molecular complexity index is 1260. The molecule has 126 valence electrons. The molecule has 3 aromatic heterocycles. The standard InChI is InChI=1S/C18H12BrN7/c19-11-6-7-13-12(8-11)16-17(21-13)22-18(24-23-16)26-15(20)9-14(25-26)10-4-2-1-3-5-10/h1-9H,20H2,(H,21,22,24). The molecule has 0 aliphatic carbocycles. The lowest BCUT2D eigenvalue weighted by molar-refractivity contribution is 0.797. The Morgan fingerprint density at radius 2 is 1.85 bits per heavy atom. The predicted molar refractivity (Wildman–Crippen MR) is 104 cm³/mol. The number of benzene rings is 2. The summed E-state index contributed by atoms with van der Waals surface area (Å²) in [7, 11) is 0. The molecule has 0 fully saturated rings. The van der Waals surface area contributed by atoms with Gasteiger partial charge >= 0.3 is 0 Å². The van der Waals surface area contributed by atoms with E-state index in [1.165, 1.54) is 4.68 Å². The van der Waals surface area contributed by atoms with Gasteiger partial charge in [-0.05, 0) is 18.2 Å². The molecule has 0 bridgehead atoms. The van der Waals surface area contributed by atoms with Crippen LogP contribution < -0.4 is 5.73 Å². The van der Waals surface area contributed by atoms with Gasteiger partial charge in [0, 0.05) is 27.0 Å². The predicted octanol–water partition coefficient (Wildman–Crippen LogP) is 3.70. The Kier molecular flexibility index (Phi) is 3.26. The van der Waals surface area contributed by atoms with Crippen molar-refractivity contribution in [2.24, 2.45) is 0 Å². The summed E-state index contributed by atoms with van der Waals surface area (Å²) in [5.74, 6) is 0.770. The number of aromatic amines is 1. The monoisotopic (exact) mass is 405 g/mol. The quantitative estimate of drug-likeness (QED) is 0.466. The third-order valence-electron chi connectivity index (χ3n) is 4.16. The Hall–Kier alpha value is -3.26.